The van der Waals surface area contributed by atoms with Crippen LogP contribution in [0.25, 0.3) is 23.2 Å². The summed E-state index contributed by atoms with van der Waals surface area (Å²) in [6, 6.07) is 7.69. The van der Waals surface area contributed by atoms with Crippen molar-refractivity contribution in [1.82, 2.24) is 19.9 Å². The summed E-state index contributed by atoms with van der Waals surface area (Å²) in [5.74, 6) is 0.680. The Hall–Kier alpha value is -2.14. The Balaban J connectivity index is 1.94. The number of hydrogen-bond acceptors (Lipinski definition) is 4. The summed E-state index contributed by atoms with van der Waals surface area (Å²) in [7, 11) is 0. The first kappa shape index (κ1) is 12.9. The van der Waals surface area contributed by atoms with Crippen LogP contribution in [0.5, 0.6) is 0 Å². The van der Waals surface area contributed by atoms with Gasteiger partial charge in [0.25, 0.3) is 0 Å². The molecule has 3 aromatic rings. The number of fused-ring (bicyclic) bond motifs is 1. The minimum atomic E-state index is 0.680. The van der Waals surface area contributed by atoms with Gasteiger partial charge in [-0.1, -0.05) is 0 Å². The van der Waals surface area contributed by atoms with E-state index in [1.807, 2.05) is 43.3 Å². The Kier molecular flexibility index (Phi) is 3.52. The van der Waals surface area contributed by atoms with Crippen LogP contribution in [0.3, 0.4) is 0 Å². The zero-order valence-electron chi connectivity index (χ0n) is 10.8. The summed E-state index contributed by atoms with van der Waals surface area (Å²) in [5.41, 5.74) is 3.52. The molecule has 4 nitrogen and oxygen atoms in total. The van der Waals surface area contributed by atoms with E-state index in [0.717, 1.165) is 26.9 Å². The van der Waals surface area contributed by atoms with Gasteiger partial charge in [-0.3, -0.25) is 4.98 Å². The molecular weight excluding hydrogens is 316 g/mol. The molecule has 0 radical (unpaired) electrons. The van der Waals surface area contributed by atoms with E-state index in [4.69, 9.17) is 0 Å². The molecule has 20 heavy (non-hydrogen) atoms. The van der Waals surface area contributed by atoms with E-state index in [1.54, 1.807) is 12.4 Å². The van der Waals surface area contributed by atoms with Gasteiger partial charge in [0.05, 0.1) is 16.7 Å². The van der Waals surface area contributed by atoms with Crippen molar-refractivity contribution in [2.45, 2.75) is 6.92 Å². The normalized spacial score (nSPS) is 11.3. The Morgan fingerprint density at radius 3 is 2.75 bits per heavy atom. The Morgan fingerprint density at radius 2 is 1.90 bits per heavy atom. The van der Waals surface area contributed by atoms with Gasteiger partial charge < -0.3 is 0 Å². The van der Waals surface area contributed by atoms with Crippen LogP contribution in [-0.2, 0) is 0 Å². The van der Waals surface area contributed by atoms with E-state index in [1.165, 1.54) is 0 Å². The van der Waals surface area contributed by atoms with Crippen LogP contribution in [0.2, 0.25) is 0 Å². The lowest BCUT2D eigenvalue weighted by molar-refractivity contribution is 1.08. The van der Waals surface area contributed by atoms with Crippen LogP contribution in [-0.4, -0.2) is 19.9 Å². The zero-order chi connectivity index (χ0) is 13.9. The van der Waals surface area contributed by atoms with Gasteiger partial charge in [0, 0.05) is 22.6 Å². The van der Waals surface area contributed by atoms with Gasteiger partial charge in [-0.05, 0) is 59.3 Å². The fraction of sp³-hybridized carbons (Fsp3) is 0.0667. The van der Waals surface area contributed by atoms with Gasteiger partial charge in [0.2, 0.25) is 0 Å². The number of rotatable bonds is 2. The molecule has 3 aromatic heterocycles. The molecule has 0 fully saturated rings. The molecule has 98 valence electrons. The minimum absolute atomic E-state index is 0.680. The number of aryl methyl sites for hydroxylation is 1. The van der Waals surface area contributed by atoms with Crippen LogP contribution in [0, 0.1) is 6.92 Å². The predicted octanol–water partition coefficient (Wildman–Crippen LogP) is 3.66. The van der Waals surface area contributed by atoms with Gasteiger partial charge in [0.1, 0.15) is 0 Å². The van der Waals surface area contributed by atoms with E-state index >= 15 is 0 Å². The summed E-state index contributed by atoms with van der Waals surface area (Å²) < 4.78 is 0.917. The Morgan fingerprint density at radius 1 is 1.00 bits per heavy atom. The number of nitrogens with zero attached hydrogens (tertiary/aromatic N) is 4. The third-order valence-corrected chi connectivity index (χ3v) is 3.18. The van der Waals surface area contributed by atoms with Crippen LogP contribution < -0.4 is 0 Å². The number of aromatic nitrogens is 4. The fourth-order valence-electron chi connectivity index (χ4n) is 1.80. The van der Waals surface area contributed by atoms with Crippen molar-refractivity contribution in [1.29, 1.82) is 0 Å². The van der Waals surface area contributed by atoms with Gasteiger partial charge >= 0.3 is 0 Å². The van der Waals surface area contributed by atoms with Crippen molar-refractivity contribution in [3.63, 3.8) is 0 Å². The molecule has 0 saturated carbocycles. The van der Waals surface area contributed by atoms with Crippen molar-refractivity contribution >= 4 is 39.1 Å². The molecule has 0 aliphatic carbocycles. The van der Waals surface area contributed by atoms with Crippen molar-refractivity contribution in [3.8, 4) is 0 Å². The summed E-state index contributed by atoms with van der Waals surface area (Å²) >= 11 is 3.40. The average Bonchev–Trinajstić information content (AvgIpc) is 2.45. The largest absolute Gasteiger partial charge is 0.253 e. The molecule has 0 aromatic carbocycles. The smallest absolute Gasteiger partial charge is 0.152 e. The molecule has 3 rings (SSSR count). The molecule has 5 heteroatoms. The zero-order valence-corrected chi connectivity index (χ0v) is 12.4. The highest BCUT2D eigenvalue weighted by atomic mass is 79.9. The number of hydrogen-bond donors (Lipinski definition) is 0. The molecule has 0 amide bonds. The van der Waals surface area contributed by atoms with Crippen LogP contribution in [0.1, 0.15) is 17.2 Å². The summed E-state index contributed by atoms with van der Waals surface area (Å²) in [6.45, 7) is 1.94. The SMILES string of the molecule is Cc1ccnc(C=Cc2ccc3ncc(Br)cc3n2)n1. The molecule has 0 spiro atoms. The van der Waals surface area contributed by atoms with Crippen molar-refractivity contribution < 1.29 is 0 Å². The van der Waals surface area contributed by atoms with Crippen molar-refractivity contribution in [2.75, 3.05) is 0 Å². The molecule has 3 heterocycles. The van der Waals surface area contributed by atoms with Gasteiger partial charge in [0.15, 0.2) is 5.82 Å². The standard InChI is InChI=1S/C15H11BrN4/c1-10-6-7-17-15(19-10)5-3-12-2-4-13-14(20-12)8-11(16)9-18-13/h2-9H,1H3. The Labute approximate surface area is 124 Å². The van der Waals surface area contributed by atoms with Gasteiger partial charge in [-0.2, -0.15) is 0 Å². The van der Waals surface area contributed by atoms with E-state index in [0.29, 0.717) is 5.82 Å². The summed E-state index contributed by atoms with van der Waals surface area (Å²) in [5, 5.41) is 0. The maximum Gasteiger partial charge on any atom is 0.152 e. The lowest BCUT2D eigenvalue weighted by Gasteiger charge is -1.99. The highest BCUT2D eigenvalue weighted by Crippen LogP contribution is 2.16. The fourth-order valence-corrected chi connectivity index (χ4v) is 2.12. The first-order valence-electron chi connectivity index (χ1n) is 6.11. The molecule has 0 bridgehead atoms. The number of halogens is 1. The quantitative estimate of drug-likeness (QED) is 0.721. The lowest BCUT2D eigenvalue weighted by Crippen LogP contribution is -1.89. The van der Waals surface area contributed by atoms with Crippen LogP contribution >= 0.6 is 15.9 Å². The third kappa shape index (κ3) is 2.88. The Bertz CT molecular complexity index is 799. The highest BCUT2D eigenvalue weighted by molar-refractivity contribution is 9.10. The summed E-state index contributed by atoms with van der Waals surface area (Å²) in [4.78, 5) is 17.3. The molecule has 0 atom stereocenters. The number of pyridine rings is 2. The maximum atomic E-state index is 4.54. The first-order valence-corrected chi connectivity index (χ1v) is 6.90. The van der Waals surface area contributed by atoms with E-state index in [-0.39, 0.29) is 0 Å². The molecule has 0 aliphatic heterocycles. The van der Waals surface area contributed by atoms with Crippen LogP contribution in [0.15, 0.2) is 41.1 Å². The van der Waals surface area contributed by atoms with E-state index in [2.05, 4.69) is 35.9 Å². The second kappa shape index (κ2) is 5.46. The average molecular weight is 327 g/mol. The van der Waals surface area contributed by atoms with Crippen molar-refractivity contribution in [3.05, 3.63) is 58.3 Å². The third-order valence-electron chi connectivity index (χ3n) is 2.74. The minimum Gasteiger partial charge on any atom is -0.253 e. The maximum absolute atomic E-state index is 4.54. The van der Waals surface area contributed by atoms with Gasteiger partial charge in [-0.15, -0.1) is 0 Å². The molecular formula is C15H11BrN4. The molecule has 0 N–H and O–H groups in total. The second-order valence-corrected chi connectivity index (χ2v) is 5.23. The van der Waals surface area contributed by atoms with Gasteiger partial charge in [-0.25, -0.2) is 15.0 Å². The first-order chi connectivity index (χ1) is 9.70. The topological polar surface area (TPSA) is 51.6 Å². The lowest BCUT2D eigenvalue weighted by atomic mass is 10.2. The van der Waals surface area contributed by atoms with Crippen LogP contribution in [0.4, 0.5) is 0 Å². The van der Waals surface area contributed by atoms with E-state index in [9.17, 15) is 0 Å². The monoisotopic (exact) mass is 326 g/mol. The predicted molar refractivity (Wildman–Crippen MR) is 82.9 cm³/mol. The second-order valence-electron chi connectivity index (χ2n) is 4.32. The van der Waals surface area contributed by atoms with Crippen molar-refractivity contribution in [2.24, 2.45) is 0 Å². The summed E-state index contributed by atoms with van der Waals surface area (Å²) in [6.07, 6.45) is 7.26. The molecule has 0 saturated heterocycles. The molecule has 0 aliphatic rings. The molecule has 0 unspecified atom stereocenters. The highest BCUT2D eigenvalue weighted by Gasteiger charge is 1.99. The van der Waals surface area contributed by atoms with E-state index < -0.39 is 0 Å².